The summed E-state index contributed by atoms with van der Waals surface area (Å²) in [7, 11) is 0. The van der Waals surface area contributed by atoms with Crippen LogP contribution in [0.15, 0.2) is 77.9 Å². The molecule has 1 N–H and O–H groups in total. The van der Waals surface area contributed by atoms with Crippen LogP contribution in [0.25, 0.3) is 22.3 Å². The summed E-state index contributed by atoms with van der Waals surface area (Å²) in [5.41, 5.74) is 4.77. The first-order valence-electron chi connectivity index (χ1n) is 8.27. The summed E-state index contributed by atoms with van der Waals surface area (Å²) in [5.74, 6) is 0.665. The number of para-hydroxylation sites is 1. The van der Waals surface area contributed by atoms with Crippen LogP contribution in [0.3, 0.4) is 0 Å². The Kier molecular flexibility index (Phi) is 4.77. The van der Waals surface area contributed by atoms with Gasteiger partial charge in [-0.1, -0.05) is 54.1 Å². The van der Waals surface area contributed by atoms with Crippen molar-refractivity contribution >= 4 is 34.5 Å². The van der Waals surface area contributed by atoms with Gasteiger partial charge in [0, 0.05) is 16.5 Å². The van der Waals surface area contributed by atoms with Crippen LogP contribution in [0.4, 0.5) is 10.2 Å². The molecule has 3 aromatic carbocycles. The number of anilines is 1. The smallest absolute Gasteiger partial charge is 0.163 e. The second kappa shape index (κ2) is 7.51. The maximum absolute atomic E-state index is 13.7. The summed E-state index contributed by atoms with van der Waals surface area (Å²) in [6.07, 6.45) is 1.42. The van der Waals surface area contributed by atoms with Gasteiger partial charge in [0.2, 0.25) is 0 Å². The van der Waals surface area contributed by atoms with E-state index in [-0.39, 0.29) is 5.82 Å². The van der Waals surface area contributed by atoms with Crippen molar-refractivity contribution in [1.82, 2.24) is 9.97 Å². The predicted octanol–water partition coefficient (Wildman–Crippen LogP) is 5.54. The Labute approximate surface area is 160 Å². The zero-order chi connectivity index (χ0) is 18.6. The molecule has 4 nitrogen and oxygen atoms in total. The predicted molar refractivity (Wildman–Crippen MR) is 108 cm³/mol. The standard InChI is InChI=1S/C21H14ClFN4/c22-17-10-4-2-8-15(17)20-25-19-12-6-3-9-16(19)21(26-20)27-24-13-14-7-1-5-11-18(14)23/h1-13H,(H,25,26,27)/b24-13+. The Balaban J connectivity index is 1.75. The topological polar surface area (TPSA) is 50.2 Å². The normalized spacial score (nSPS) is 11.2. The first-order valence-corrected chi connectivity index (χ1v) is 8.65. The highest BCUT2D eigenvalue weighted by atomic mass is 35.5. The van der Waals surface area contributed by atoms with Crippen LogP contribution in [-0.2, 0) is 0 Å². The van der Waals surface area contributed by atoms with Crippen LogP contribution < -0.4 is 5.43 Å². The molecular weight excluding hydrogens is 363 g/mol. The maximum Gasteiger partial charge on any atom is 0.163 e. The molecule has 0 aliphatic carbocycles. The summed E-state index contributed by atoms with van der Waals surface area (Å²) in [6, 6.07) is 21.4. The van der Waals surface area contributed by atoms with Gasteiger partial charge in [-0.25, -0.2) is 14.4 Å². The van der Waals surface area contributed by atoms with Gasteiger partial charge in [0.15, 0.2) is 11.6 Å². The molecule has 0 atom stereocenters. The second-order valence-electron chi connectivity index (χ2n) is 5.78. The minimum absolute atomic E-state index is 0.340. The molecule has 0 bridgehead atoms. The number of aromatic nitrogens is 2. The average molecular weight is 377 g/mol. The van der Waals surface area contributed by atoms with E-state index in [1.807, 2.05) is 42.5 Å². The van der Waals surface area contributed by atoms with Crippen molar-refractivity contribution in [2.45, 2.75) is 0 Å². The van der Waals surface area contributed by atoms with Crippen molar-refractivity contribution in [3.63, 3.8) is 0 Å². The largest absolute Gasteiger partial charge is 0.261 e. The van der Waals surface area contributed by atoms with Gasteiger partial charge >= 0.3 is 0 Å². The van der Waals surface area contributed by atoms with Gasteiger partial charge in [-0.2, -0.15) is 5.10 Å². The van der Waals surface area contributed by atoms with E-state index in [1.54, 1.807) is 24.3 Å². The molecule has 4 rings (SSSR count). The number of nitrogens with one attached hydrogen (secondary N) is 1. The van der Waals surface area contributed by atoms with Gasteiger partial charge < -0.3 is 0 Å². The Hall–Kier alpha value is -3.31. The molecular formula is C21H14ClFN4. The Morgan fingerprint density at radius 2 is 1.63 bits per heavy atom. The molecule has 0 amide bonds. The number of hydrogen-bond donors (Lipinski definition) is 1. The molecule has 27 heavy (non-hydrogen) atoms. The molecule has 0 unspecified atom stereocenters. The Morgan fingerprint density at radius 1 is 0.889 bits per heavy atom. The maximum atomic E-state index is 13.7. The minimum Gasteiger partial charge on any atom is -0.261 e. The van der Waals surface area contributed by atoms with Crippen molar-refractivity contribution in [2.24, 2.45) is 5.10 Å². The summed E-state index contributed by atoms with van der Waals surface area (Å²) in [4.78, 5) is 9.17. The van der Waals surface area contributed by atoms with E-state index in [2.05, 4.69) is 20.5 Å². The van der Waals surface area contributed by atoms with Crippen molar-refractivity contribution in [2.75, 3.05) is 5.43 Å². The van der Waals surface area contributed by atoms with Gasteiger partial charge in [-0.15, -0.1) is 0 Å². The monoisotopic (exact) mass is 376 g/mol. The van der Waals surface area contributed by atoms with Crippen LogP contribution >= 0.6 is 11.6 Å². The lowest BCUT2D eigenvalue weighted by molar-refractivity contribution is 0.626. The zero-order valence-electron chi connectivity index (χ0n) is 14.1. The summed E-state index contributed by atoms with van der Waals surface area (Å²) in [6.45, 7) is 0. The van der Waals surface area contributed by atoms with Gasteiger partial charge in [0.05, 0.1) is 16.8 Å². The van der Waals surface area contributed by atoms with E-state index in [4.69, 9.17) is 11.6 Å². The number of benzene rings is 3. The molecule has 132 valence electrons. The SMILES string of the molecule is Fc1ccccc1/C=N/Nc1nc(-c2ccccc2Cl)nc2ccccc12. The number of fused-ring (bicyclic) bond motifs is 1. The highest BCUT2D eigenvalue weighted by molar-refractivity contribution is 6.33. The number of nitrogens with zero attached hydrogens (tertiary/aromatic N) is 3. The fourth-order valence-corrected chi connectivity index (χ4v) is 2.89. The fraction of sp³-hybridized carbons (Fsp3) is 0. The summed E-state index contributed by atoms with van der Waals surface area (Å²) >= 11 is 6.29. The van der Waals surface area contributed by atoms with E-state index < -0.39 is 0 Å². The lowest BCUT2D eigenvalue weighted by atomic mass is 10.2. The number of rotatable bonds is 4. The van der Waals surface area contributed by atoms with Crippen molar-refractivity contribution in [3.05, 3.63) is 89.2 Å². The Bertz CT molecular complexity index is 1140. The fourth-order valence-electron chi connectivity index (χ4n) is 2.67. The number of hydrazone groups is 1. The number of hydrogen-bond acceptors (Lipinski definition) is 4. The Morgan fingerprint density at radius 3 is 2.48 bits per heavy atom. The third kappa shape index (κ3) is 3.64. The van der Waals surface area contributed by atoms with Crippen molar-refractivity contribution in [3.8, 4) is 11.4 Å². The molecule has 4 aromatic rings. The molecule has 0 saturated heterocycles. The van der Waals surface area contributed by atoms with E-state index in [1.165, 1.54) is 12.3 Å². The third-order valence-corrected chi connectivity index (χ3v) is 4.33. The summed E-state index contributed by atoms with van der Waals surface area (Å²) in [5, 5.41) is 5.51. The van der Waals surface area contributed by atoms with Crippen LogP contribution in [-0.4, -0.2) is 16.2 Å². The highest BCUT2D eigenvalue weighted by Gasteiger charge is 2.11. The van der Waals surface area contributed by atoms with E-state index in [9.17, 15) is 4.39 Å². The minimum atomic E-state index is -0.340. The van der Waals surface area contributed by atoms with E-state index >= 15 is 0 Å². The van der Waals surface area contributed by atoms with Gasteiger partial charge in [0.1, 0.15) is 5.82 Å². The lowest BCUT2D eigenvalue weighted by Gasteiger charge is -2.09. The molecule has 0 saturated carbocycles. The molecule has 1 aromatic heterocycles. The molecule has 1 heterocycles. The molecule has 6 heteroatoms. The molecule has 0 radical (unpaired) electrons. The van der Waals surface area contributed by atoms with E-state index in [0.29, 0.717) is 22.2 Å². The molecule has 0 fully saturated rings. The zero-order valence-corrected chi connectivity index (χ0v) is 14.9. The quantitative estimate of drug-likeness (QED) is 0.376. The van der Waals surface area contributed by atoms with Crippen molar-refractivity contribution in [1.29, 1.82) is 0 Å². The first-order chi connectivity index (χ1) is 13.2. The van der Waals surface area contributed by atoms with Crippen LogP contribution in [0.2, 0.25) is 5.02 Å². The van der Waals surface area contributed by atoms with Crippen LogP contribution in [0.1, 0.15) is 5.56 Å². The third-order valence-electron chi connectivity index (χ3n) is 4.00. The first kappa shape index (κ1) is 17.1. The molecule has 0 spiro atoms. The molecule has 0 aliphatic heterocycles. The van der Waals surface area contributed by atoms with Gasteiger partial charge in [0.25, 0.3) is 0 Å². The van der Waals surface area contributed by atoms with E-state index in [0.717, 1.165) is 16.5 Å². The van der Waals surface area contributed by atoms with Gasteiger partial charge in [-0.05, 0) is 30.3 Å². The molecule has 0 aliphatic rings. The average Bonchev–Trinajstić information content (AvgIpc) is 2.69. The number of halogens is 2. The summed E-state index contributed by atoms with van der Waals surface area (Å²) < 4.78 is 13.7. The van der Waals surface area contributed by atoms with Crippen LogP contribution in [0.5, 0.6) is 0 Å². The van der Waals surface area contributed by atoms with Crippen LogP contribution in [0, 0.1) is 5.82 Å². The lowest BCUT2D eigenvalue weighted by Crippen LogP contribution is -2.00. The van der Waals surface area contributed by atoms with Crippen molar-refractivity contribution < 1.29 is 4.39 Å². The second-order valence-corrected chi connectivity index (χ2v) is 6.19. The van der Waals surface area contributed by atoms with Gasteiger partial charge in [-0.3, -0.25) is 5.43 Å². The highest BCUT2D eigenvalue weighted by Crippen LogP contribution is 2.29.